The fourth-order valence-electron chi connectivity index (χ4n) is 2.90. The molecule has 1 aromatic heterocycles. The minimum atomic E-state index is 0.629. The van der Waals surface area contributed by atoms with Gasteiger partial charge in [-0.2, -0.15) is 0 Å². The van der Waals surface area contributed by atoms with Gasteiger partial charge >= 0.3 is 0 Å². The van der Waals surface area contributed by atoms with E-state index in [2.05, 4.69) is 17.1 Å². The molecule has 102 valence electrons. The lowest BCUT2D eigenvalue weighted by Gasteiger charge is -2.22. The molecule has 2 N–H and O–H groups in total. The number of methoxy groups -OCH3 is 1. The van der Waals surface area contributed by atoms with Crippen LogP contribution in [0.3, 0.4) is 0 Å². The van der Waals surface area contributed by atoms with Crippen LogP contribution in [-0.4, -0.2) is 12.1 Å². The van der Waals surface area contributed by atoms with Crippen molar-refractivity contribution in [1.82, 2.24) is 4.98 Å². The fraction of sp³-hybridized carbons (Fsp3) is 0.500. The molecule has 0 amide bonds. The lowest BCUT2D eigenvalue weighted by Crippen LogP contribution is -2.05. The number of nitrogens with two attached hydrogens (primary N) is 1. The highest BCUT2D eigenvalue weighted by Gasteiger charge is 2.21. The Hall–Kier alpha value is -0.780. The number of ether oxygens (including phenoxy) is 1. The van der Waals surface area contributed by atoms with Crippen LogP contribution in [0.2, 0.25) is 0 Å². The summed E-state index contributed by atoms with van der Waals surface area (Å²) in [5.41, 5.74) is 2.48. The average Bonchev–Trinajstić information content (AvgIpc) is 2.90. The Kier molecular flexibility index (Phi) is 3.96. The molecule has 1 heterocycles. The van der Waals surface area contributed by atoms with Crippen molar-refractivity contribution in [2.45, 2.75) is 42.4 Å². The van der Waals surface area contributed by atoms with Gasteiger partial charge in [0.15, 0.2) is 4.34 Å². The predicted molar refractivity (Wildman–Crippen MR) is 82.0 cm³/mol. The van der Waals surface area contributed by atoms with Crippen LogP contribution in [-0.2, 0) is 0 Å². The van der Waals surface area contributed by atoms with Crippen molar-refractivity contribution in [3.63, 3.8) is 0 Å². The quantitative estimate of drug-likeness (QED) is 0.857. The molecule has 1 aliphatic carbocycles. The molecule has 1 saturated carbocycles. The van der Waals surface area contributed by atoms with Gasteiger partial charge in [0, 0.05) is 0 Å². The number of thiazole rings is 1. The van der Waals surface area contributed by atoms with Gasteiger partial charge in [0.1, 0.15) is 5.75 Å². The van der Waals surface area contributed by atoms with Crippen LogP contribution in [0.5, 0.6) is 5.75 Å². The number of rotatable bonds is 3. The summed E-state index contributed by atoms with van der Waals surface area (Å²) in [5.74, 6) is 1.56. The Bertz CT molecular complexity index is 576. The highest BCUT2D eigenvalue weighted by molar-refractivity contribution is 7.99. The maximum Gasteiger partial charge on any atom is 0.165 e. The summed E-state index contributed by atoms with van der Waals surface area (Å²) in [4.78, 5) is 4.68. The second kappa shape index (κ2) is 5.69. The highest BCUT2D eigenvalue weighted by atomic mass is 32.2. The molecular formula is C14H18N2OS2. The first-order valence-corrected chi connectivity index (χ1v) is 8.36. The largest absolute Gasteiger partial charge is 0.497 e. The zero-order valence-corrected chi connectivity index (χ0v) is 12.6. The summed E-state index contributed by atoms with van der Waals surface area (Å²) >= 11 is 2.88. The van der Waals surface area contributed by atoms with Crippen molar-refractivity contribution in [2.75, 3.05) is 7.11 Å². The molecule has 2 aromatic rings. The zero-order chi connectivity index (χ0) is 13.2. The Morgan fingerprint density at radius 2 is 2.11 bits per heavy atom. The van der Waals surface area contributed by atoms with Crippen LogP contribution in [0.4, 0.5) is 0 Å². The Morgan fingerprint density at radius 1 is 1.32 bits per heavy atom. The molecule has 0 unspecified atom stereocenters. The molecule has 0 atom stereocenters. The third-order valence-electron chi connectivity index (χ3n) is 3.86. The molecule has 19 heavy (non-hydrogen) atoms. The summed E-state index contributed by atoms with van der Waals surface area (Å²) < 4.78 is 7.56. The lowest BCUT2D eigenvalue weighted by molar-refractivity contribution is 0.411. The zero-order valence-electron chi connectivity index (χ0n) is 11.0. The molecule has 0 spiro atoms. The van der Waals surface area contributed by atoms with Crippen LogP contribution < -0.4 is 9.88 Å². The molecule has 3 nitrogen and oxygen atoms in total. The van der Waals surface area contributed by atoms with E-state index in [4.69, 9.17) is 9.88 Å². The summed E-state index contributed by atoms with van der Waals surface area (Å²) in [6, 6.07) is 4.24. The minimum Gasteiger partial charge on any atom is -0.497 e. The van der Waals surface area contributed by atoms with E-state index in [-0.39, 0.29) is 0 Å². The molecule has 3 rings (SSSR count). The topological polar surface area (TPSA) is 48.1 Å². The third-order valence-corrected chi connectivity index (χ3v) is 5.49. The molecule has 0 bridgehead atoms. The van der Waals surface area contributed by atoms with Crippen LogP contribution in [0.1, 0.15) is 43.6 Å². The Morgan fingerprint density at radius 3 is 2.79 bits per heavy atom. The summed E-state index contributed by atoms with van der Waals surface area (Å²) in [7, 11) is 1.73. The number of aromatic nitrogens is 1. The predicted octanol–water partition coefficient (Wildman–Crippen LogP) is 4.32. The highest BCUT2D eigenvalue weighted by Crippen LogP contribution is 2.40. The second-order valence-electron chi connectivity index (χ2n) is 5.00. The maximum atomic E-state index is 5.65. The van der Waals surface area contributed by atoms with Gasteiger partial charge in [-0.25, -0.2) is 4.98 Å². The van der Waals surface area contributed by atoms with Gasteiger partial charge < -0.3 is 4.74 Å². The lowest BCUT2D eigenvalue weighted by atomic mass is 9.83. The van der Waals surface area contributed by atoms with E-state index in [9.17, 15) is 0 Å². The summed E-state index contributed by atoms with van der Waals surface area (Å²) in [6.45, 7) is 0. The maximum absolute atomic E-state index is 5.65. The van der Waals surface area contributed by atoms with Crippen molar-refractivity contribution < 1.29 is 4.74 Å². The van der Waals surface area contributed by atoms with Gasteiger partial charge in [-0.15, -0.1) is 11.3 Å². The normalized spacial score (nSPS) is 16.9. The van der Waals surface area contributed by atoms with E-state index in [1.807, 2.05) is 0 Å². The van der Waals surface area contributed by atoms with Gasteiger partial charge in [0.25, 0.3) is 0 Å². The molecule has 1 aromatic carbocycles. The third kappa shape index (κ3) is 2.59. The SMILES string of the molecule is COc1cc(C2CCCCC2)c2nc(SN)sc2c1. The molecule has 0 radical (unpaired) electrons. The first-order valence-electron chi connectivity index (χ1n) is 6.67. The number of benzene rings is 1. The van der Waals surface area contributed by atoms with Crippen molar-refractivity contribution >= 4 is 33.5 Å². The van der Waals surface area contributed by atoms with Gasteiger partial charge in [-0.1, -0.05) is 19.3 Å². The van der Waals surface area contributed by atoms with E-state index in [1.165, 1.54) is 54.3 Å². The van der Waals surface area contributed by atoms with Crippen LogP contribution in [0, 0.1) is 0 Å². The molecule has 1 fully saturated rings. The van der Waals surface area contributed by atoms with E-state index in [0.717, 1.165) is 15.6 Å². The summed E-state index contributed by atoms with van der Waals surface area (Å²) in [6.07, 6.45) is 6.55. The number of fused-ring (bicyclic) bond motifs is 1. The molecule has 1 aliphatic rings. The van der Waals surface area contributed by atoms with E-state index >= 15 is 0 Å². The Labute approximate surface area is 121 Å². The number of hydrogen-bond donors (Lipinski definition) is 1. The van der Waals surface area contributed by atoms with Crippen molar-refractivity contribution in [1.29, 1.82) is 0 Å². The van der Waals surface area contributed by atoms with Gasteiger partial charge in [-0.05, 0) is 48.4 Å². The van der Waals surface area contributed by atoms with E-state index < -0.39 is 0 Å². The molecule has 0 aliphatic heterocycles. The molecule has 0 saturated heterocycles. The monoisotopic (exact) mass is 294 g/mol. The van der Waals surface area contributed by atoms with Gasteiger partial charge in [0.2, 0.25) is 0 Å². The molecule has 5 heteroatoms. The smallest absolute Gasteiger partial charge is 0.165 e. The first-order chi connectivity index (χ1) is 9.31. The fourth-order valence-corrected chi connectivity index (χ4v) is 4.27. The Balaban J connectivity index is 2.11. The minimum absolute atomic E-state index is 0.629. The standard InChI is InChI=1S/C14H18N2OS2/c1-17-10-7-11(9-5-3-2-4-6-9)13-12(8-10)18-14(16-13)19-15/h7-9H,2-6,15H2,1H3. The number of hydrogen-bond acceptors (Lipinski definition) is 5. The number of nitrogens with zero attached hydrogens (tertiary/aromatic N) is 1. The average molecular weight is 294 g/mol. The van der Waals surface area contributed by atoms with Crippen molar-refractivity contribution in [3.05, 3.63) is 17.7 Å². The van der Waals surface area contributed by atoms with E-state index in [1.54, 1.807) is 18.4 Å². The van der Waals surface area contributed by atoms with Crippen molar-refractivity contribution in [3.8, 4) is 5.75 Å². The van der Waals surface area contributed by atoms with Crippen LogP contribution in [0.25, 0.3) is 10.2 Å². The van der Waals surface area contributed by atoms with Crippen molar-refractivity contribution in [2.24, 2.45) is 5.14 Å². The first kappa shape index (κ1) is 13.2. The van der Waals surface area contributed by atoms with Crippen LogP contribution >= 0.6 is 23.3 Å². The molecular weight excluding hydrogens is 276 g/mol. The second-order valence-corrected chi connectivity index (χ2v) is 6.91. The van der Waals surface area contributed by atoms with Gasteiger partial charge in [0.05, 0.1) is 17.3 Å². The van der Waals surface area contributed by atoms with E-state index in [0.29, 0.717) is 5.92 Å². The van der Waals surface area contributed by atoms with Gasteiger partial charge in [-0.3, -0.25) is 5.14 Å². The summed E-state index contributed by atoms with van der Waals surface area (Å²) in [5, 5.41) is 5.65. The van der Waals surface area contributed by atoms with Crippen LogP contribution in [0.15, 0.2) is 16.5 Å².